The van der Waals surface area contributed by atoms with Crippen molar-refractivity contribution >= 4 is 6.08 Å². The van der Waals surface area contributed by atoms with E-state index in [-0.39, 0.29) is 0 Å². The molecule has 0 amide bonds. The molecule has 1 saturated carbocycles. The lowest BCUT2D eigenvalue weighted by atomic mass is 9.78. The molecular formula is C17H20. The van der Waals surface area contributed by atoms with Crippen LogP contribution in [0.4, 0.5) is 0 Å². The molecule has 0 heterocycles. The molecule has 88 valence electrons. The van der Waals surface area contributed by atoms with Gasteiger partial charge in [-0.25, -0.2) is 0 Å². The maximum absolute atomic E-state index is 4.41. The first-order chi connectivity index (χ1) is 8.36. The molecule has 1 atom stereocenters. The van der Waals surface area contributed by atoms with E-state index >= 15 is 0 Å². The zero-order valence-electron chi connectivity index (χ0n) is 10.4. The molecule has 0 nitrogen and oxygen atoms in total. The van der Waals surface area contributed by atoms with E-state index in [0.29, 0.717) is 5.92 Å². The molecule has 0 aromatic heterocycles. The molecule has 0 N–H and O–H groups in total. The molecule has 0 saturated heterocycles. The molecule has 17 heavy (non-hydrogen) atoms. The second-order valence-electron chi connectivity index (χ2n) is 5.38. The summed E-state index contributed by atoms with van der Waals surface area (Å²) < 4.78 is 0. The fourth-order valence-electron chi connectivity index (χ4n) is 3.30. The van der Waals surface area contributed by atoms with Gasteiger partial charge in [0.1, 0.15) is 0 Å². The number of hydrogen-bond donors (Lipinski definition) is 0. The van der Waals surface area contributed by atoms with Crippen molar-refractivity contribution in [1.82, 2.24) is 0 Å². The summed E-state index contributed by atoms with van der Waals surface area (Å²) in [6, 6.07) is 8.73. The highest BCUT2D eigenvalue weighted by atomic mass is 14.3. The van der Waals surface area contributed by atoms with Gasteiger partial charge < -0.3 is 0 Å². The minimum Gasteiger partial charge on any atom is -0.0986 e. The first-order valence-corrected chi connectivity index (χ1v) is 6.82. The number of fused-ring (bicyclic) bond motifs is 1. The van der Waals surface area contributed by atoms with E-state index in [0.717, 1.165) is 5.92 Å². The van der Waals surface area contributed by atoms with Crippen LogP contribution in [0.1, 0.15) is 49.1 Å². The first kappa shape index (κ1) is 10.8. The summed E-state index contributed by atoms with van der Waals surface area (Å²) in [5.74, 6) is 1.24. The van der Waals surface area contributed by atoms with Crippen molar-refractivity contribution in [1.29, 1.82) is 0 Å². The largest absolute Gasteiger partial charge is 0.0986 e. The van der Waals surface area contributed by atoms with Crippen LogP contribution in [-0.4, -0.2) is 0 Å². The molecular weight excluding hydrogens is 204 g/mol. The predicted octanol–water partition coefficient (Wildman–Crippen LogP) is 4.93. The zero-order valence-corrected chi connectivity index (χ0v) is 10.4. The van der Waals surface area contributed by atoms with E-state index in [1.165, 1.54) is 48.8 Å². The fraction of sp³-hybridized carbons (Fsp3) is 0.412. The molecule has 3 rings (SSSR count). The van der Waals surface area contributed by atoms with Gasteiger partial charge in [0.05, 0.1) is 0 Å². The number of hydrogen-bond acceptors (Lipinski definition) is 0. The van der Waals surface area contributed by atoms with Crippen LogP contribution in [-0.2, 0) is 0 Å². The normalized spacial score (nSPS) is 23.6. The average molecular weight is 224 g/mol. The lowest BCUT2D eigenvalue weighted by molar-refractivity contribution is 0.395. The standard InChI is InChI=1S/C17H20/c1-13(14-7-3-2-4-8-14)16-12-11-15-9-5-6-10-17(15)16/h5-6,9-12,14,16H,1-4,7-8H2. The molecule has 2 aliphatic carbocycles. The van der Waals surface area contributed by atoms with Crippen LogP contribution in [0.3, 0.4) is 0 Å². The molecule has 0 spiro atoms. The summed E-state index contributed by atoms with van der Waals surface area (Å²) in [5, 5.41) is 0. The van der Waals surface area contributed by atoms with E-state index in [9.17, 15) is 0 Å². The van der Waals surface area contributed by atoms with Gasteiger partial charge in [-0.05, 0) is 29.9 Å². The summed E-state index contributed by atoms with van der Waals surface area (Å²) >= 11 is 0. The fourth-order valence-corrected chi connectivity index (χ4v) is 3.30. The van der Waals surface area contributed by atoms with Crippen LogP contribution in [0.5, 0.6) is 0 Å². The van der Waals surface area contributed by atoms with Gasteiger partial charge >= 0.3 is 0 Å². The van der Waals surface area contributed by atoms with Gasteiger partial charge in [0.2, 0.25) is 0 Å². The summed E-state index contributed by atoms with van der Waals surface area (Å²) in [7, 11) is 0. The van der Waals surface area contributed by atoms with Crippen LogP contribution in [0.25, 0.3) is 6.08 Å². The third-order valence-electron chi connectivity index (χ3n) is 4.33. The lowest BCUT2D eigenvalue weighted by Gasteiger charge is -2.27. The average Bonchev–Trinajstić information content (AvgIpc) is 2.83. The van der Waals surface area contributed by atoms with Crippen LogP contribution in [0, 0.1) is 5.92 Å². The van der Waals surface area contributed by atoms with Crippen molar-refractivity contribution in [2.45, 2.75) is 38.0 Å². The Balaban J connectivity index is 1.82. The van der Waals surface area contributed by atoms with Crippen molar-refractivity contribution in [3.05, 3.63) is 53.6 Å². The Hall–Kier alpha value is -1.30. The van der Waals surface area contributed by atoms with Crippen molar-refractivity contribution in [2.24, 2.45) is 5.92 Å². The van der Waals surface area contributed by atoms with Crippen LogP contribution >= 0.6 is 0 Å². The maximum atomic E-state index is 4.41. The zero-order chi connectivity index (χ0) is 11.7. The summed E-state index contributed by atoms with van der Waals surface area (Å²) in [6.07, 6.45) is 11.5. The first-order valence-electron chi connectivity index (χ1n) is 6.82. The summed E-state index contributed by atoms with van der Waals surface area (Å²) in [5.41, 5.74) is 4.29. The lowest BCUT2D eigenvalue weighted by Crippen LogP contribution is -2.12. The van der Waals surface area contributed by atoms with Crippen molar-refractivity contribution in [3.63, 3.8) is 0 Å². The third-order valence-corrected chi connectivity index (χ3v) is 4.33. The topological polar surface area (TPSA) is 0 Å². The number of rotatable bonds is 2. The quantitative estimate of drug-likeness (QED) is 0.625. The summed E-state index contributed by atoms with van der Waals surface area (Å²) in [4.78, 5) is 0. The SMILES string of the molecule is C=C(C1CCCCC1)C1C=Cc2ccccc21. The van der Waals surface area contributed by atoms with Crippen LogP contribution < -0.4 is 0 Å². The molecule has 1 aromatic rings. The van der Waals surface area contributed by atoms with Gasteiger partial charge in [-0.2, -0.15) is 0 Å². The van der Waals surface area contributed by atoms with E-state index in [2.05, 4.69) is 43.0 Å². The number of allylic oxidation sites excluding steroid dienone is 2. The molecule has 2 aliphatic rings. The predicted molar refractivity (Wildman–Crippen MR) is 73.9 cm³/mol. The molecule has 1 fully saturated rings. The molecule has 1 aromatic carbocycles. The second kappa shape index (κ2) is 4.52. The Kier molecular flexibility index (Phi) is 2.88. The summed E-state index contributed by atoms with van der Waals surface area (Å²) in [6.45, 7) is 4.41. The smallest absolute Gasteiger partial charge is 0.0237 e. The minimum absolute atomic E-state index is 0.481. The van der Waals surface area contributed by atoms with Gasteiger partial charge in [0.25, 0.3) is 0 Å². The molecule has 0 bridgehead atoms. The monoisotopic (exact) mass is 224 g/mol. The Morgan fingerprint density at radius 1 is 1.06 bits per heavy atom. The van der Waals surface area contributed by atoms with Gasteiger partial charge in [0.15, 0.2) is 0 Å². The van der Waals surface area contributed by atoms with Crippen molar-refractivity contribution in [2.75, 3.05) is 0 Å². The van der Waals surface area contributed by atoms with Gasteiger partial charge in [0, 0.05) is 5.92 Å². The Bertz CT molecular complexity index is 447. The maximum Gasteiger partial charge on any atom is 0.0237 e. The second-order valence-corrected chi connectivity index (χ2v) is 5.38. The van der Waals surface area contributed by atoms with Crippen molar-refractivity contribution in [3.8, 4) is 0 Å². The highest BCUT2D eigenvalue weighted by Gasteiger charge is 2.25. The van der Waals surface area contributed by atoms with E-state index in [1.54, 1.807) is 0 Å². The van der Waals surface area contributed by atoms with Crippen LogP contribution in [0.2, 0.25) is 0 Å². The molecule has 1 unspecified atom stereocenters. The molecule has 0 heteroatoms. The highest BCUT2D eigenvalue weighted by Crippen LogP contribution is 2.41. The Morgan fingerprint density at radius 3 is 2.65 bits per heavy atom. The molecule has 0 radical (unpaired) electrons. The van der Waals surface area contributed by atoms with Gasteiger partial charge in [-0.3, -0.25) is 0 Å². The van der Waals surface area contributed by atoms with Crippen LogP contribution in [0.15, 0.2) is 42.5 Å². The molecule has 0 aliphatic heterocycles. The minimum atomic E-state index is 0.481. The number of benzene rings is 1. The Labute approximate surface area is 104 Å². The van der Waals surface area contributed by atoms with E-state index < -0.39 is 0 Å². The van der Waals surface area contributed by atoms with Gasteiger partial charge in [-0.1, -0.05) is 67.8 Å². The third kappa shape index (κ3) is 1.97. The Morgan fingerprint density at radius 2 is 1.82 bits per heavy atom. The van der Waals surface area contributed by atoms with E-state index in [1.807, 2.05) is 0 Å². The van der Waals surface area contributed by atoms with E-state index in [4.69, 9.17) is 0 Å². The highest BCUT2D eigenvalue weighted by molar-refractivity contribution is 5.64. The van der Waals surface area contributed by atoms with Gasteiger partial charge in [-0.15, -0.1) is 0 Å². The van der Waals surface area contributed by atoms with Crippen molar-refractivity contribution < 1.29 is 0 Å².